The maximum Gasteiger partial charge on any atom is 0.132 e. The van der Waals surface area contributed by atoms with Gasteiger partial charge >= 0.3 is 0 Å². The summed E-state index contributed by atoms with van der Waals surface area (Å²) in [7, 11) is 0. The van der Waals surface area contributed by atoms with Gasteiger partial charge in [0.2, 0.25) is 0 Å². The van der Waals surface area contributed by atoms with E-state index >= 15 is 0 Å². The number of ether oxygens (including phenoxy) is 1. The third kappa shape index (κ3) is 5.98. The lowest BCUT2D eigenvalue weighted by molar-refractivity contribution is 0.271. The maximum absolute atomic E-state index is 9.19. The van der Waals surface area contributed by atoms with Crippen LogP contribution in [-0.2, 0) is 13.2 Å². The highest BCUT2D eigenvalue weighted by Gasteiger charge is 2.06. The average Bonchev–Trinajstić information content (AvgIpc) is 2.59. The summed E-state index contributed by atoms with van der Waals surface area (Å²) >= 11 is 0. The molecule has 0 aliphatic rings. The van der Waals surface area contributed by atoms with Crippen LogP contribution in [0.5, 0.6) is 11.5 Å². The minimum absolute atomic E-state index is 0.0720. The van der Waals surface area contributed by atoms with Crippen molar-refractivity contribution in [2.45, 2.75) is 40.9 Å². The molecule has 2 aromatic rings. The van der Waals surface area contributed by atoms with Crippen molar-refractivity contribution in [1.29, 1.82) is 0 Å². The van der Waals surface area contributed by atoms with Gasteiger partial charge in [-0.1, -0.05) is 64.1 Å². The van der Waals surface area contributed by atoms with Crippen LogP contribution in [0.4, 0.5) is 0 Å². The van der Waals surface area contributed by atoms with Crippen molar-refractivity contribution in [1.82, 2.24) is 0 Å². The molecule has 21 heavy (non-hydrogen) atoms. The van der Waals surface area contributed by atoms with Crippen LogP contribution in [0.15, 0.2) is 48.5 Å². The lowest BCUT2D eigenvalue weighted by Crippen LogP contribution is -1.94. The smallest absolute Gasteiger partial charge is 0.132 e. The van der Waals surface area contributed by atoms with Gasteiger partial charge in [-0.3, -0.25) is 0 Å². The molecule has 2 aromatic carbocycles. The van der Waals surface area contributed by atoms with Crippen LogP contribution in [0.25, 0.3) is 0 Å². The summed E-state index contributed by atoms with van der Waals surface area (Å²) in [6.07, 6.45) is 0. The molecular formula is C18H26O3. The molecule has 0 saturated heterocycles. The Hall–Kier alpha value is -1.84. The molecule has 3 nitrogen and oxygen atoms in total. The molecule has 0 spiro atoms. The third-order valence-electron chi connectivity index (χ3n) is 2.51. The molecular weight excluding hydrogens is 264 g/mol. The minimum Gasteiger partial charge on any atom is -0.457 e. The molecule has 0 radical (unpaired) electrons. The summed E-state index contributed by atoms with van der Waals surface area (Å²) in [6.45, 7) is 7.86. The Labute approximate surface area is 127 Å². The Morgan fingerprint density at radius 3 is 1.33 bits per heavy atom. The van der Waals surface area contributed by atoms with Gasteiger partial charge in [-0.15, -0.1) is 0 Å². The second-order valence-corrected chi connectivity index (χ2v) is 3.63. The monoisotopic (exact) mass is 290 g/mol. The second kappa shape index (κ2) is 11.9. The van der Waals surface area contributed by atoms with Crippen molar-refractivity contribution in [2.24, 2.45) is 0 Å². The number of hydrogen-bond acceptors (Lipinski definition) is 3. The molecule has 0 amide bonds. The van der Waals surface area contributed by atoms with Crippen LogP contribution < -0.4 is 4.74 Å². The Bertz CT molecular complexity index is 450. The van der Waals surface area contributed by atoms with Gasteiger partial charge in [0.05, 0.1) is 13.2 Å². The fraction of sp³-hybridized carbons (Fsp3) is 0.333. The molecule has 2 rings (SSSR count). The van der Waals surface area contributed by atoms with Crippen LogP contribution in [0.2, 0.25) is 0 Å². The summed E-state index contributed by atoms with van der Waals surface area (Å²) in [6, 6.07) is 14.6. The van der Waals surface area contributed by atoms with Crippen molar-refractivity contribution in [3.63, 3.8) is 0 Å². The first-order chi connectivity index (χ1) is 10.3. The molecule has 2 N–H and O–H groups in total. The van der Waals surface area contributed by atoms with E-state index in [0.717, 1.165) is 11.1 Å². The average molecular weight is 290 g/mol. The summed E-state index contributed by atoms with van der Waals surface area (Å²) in [4.78, 5) is 0. The largest absolute Gasteiger partial charge is 0.457 e. The molecule has 0 saturated carbocycles. The fourth-order valence-corrected chi connectivity index (χ4v) is 1.59. The summed E-state index contributed by atoms with van der Waals surface area (Å²) in [5, 5.41) is 18.4. The summed E-state index contributed by atoms with van der Waals surface area (Å²) < 4.78 is 5.70. The van der Waals surface area contributed by atoms with Gasteiger partial charge < -0.3 is 14.9 Å². The molecule has 0 heterocycles. The first kappa shape index (κ1) is 19.2. The van der Waals surface area contributed by atoms with Gasteiger partial charge in [-0.2, -0.15) is 0 Å². The Morgan fingerprint density at radius 1 is 0.667 bits per heavy atom. The Kier molecular flexibility index (Phi) is 10.9. The maximum atomic E-state index is 9.19. The zero-order valence-electron chi connectivity index (χ0n) is 13.3. The predicted octanol–water partition coefficient (Wildman–Crippen LogP) is 4.52. The van der Waals surface area contributed by atoms with E-state index in [1.54, 1.807) is 24.3 Å². The molecule has 0 fully saturated rings. The van der Waals surface area contributed by atoms with Crippen LogP contribution >= 0.6 is 0 Å². The van der Waals surface area contributed by atoms with E-state index in [1.807, 2.05) is 52.0 Å². The highest BCUT2D eigenvalue weighted by Crippen LogP contribution is 2.27. The third-order valence-corrected chi connectivity index (χ3v) is 2.51. The van der Waals surface area contributed by atoms with Gasteiger partial charge in [0.1, 0.15) is 11.5 Å². The molecule has 0 aliphatic heterocycles. The molecule has 3 heteroatoms. The van der Waals surface area contributed by atoms with E-state index in [0.29, 0.717) is 11.5 Å². The molecule has 0 atom stereocenters. The van der Waals surface area contributed by atoms with Crippen molar-refractivity contribution < 1.29 is 14.9 Å². The van der Waals surface area contributed by atoms with E-state index in [-0.39, 0.29) is 13.2 Å². The van der Waals surface area contributed by atoms with Gasteiger partial charge in [-0.05, 0) is 12.1 Å². The van der Waals surface area contributed by atoms with Crippen LogP contribution in [0.1, 0.15) is 38.8 Å². The number of aliphatic hydroxyl groups excluding tert-OH is 2. The summed E-state index contributed by atoms with van der Waals surface area (Å²) in [5.74, 6) is 1.21. The minimum atomic E-state index is -0.0720. The van der Waals surface area contributed by atoms with Crippen molar-refractivity contribution in [3.05, 3.63) is 59.7 Å². The highest BCUT2D eigenvalue weighted by atomic mass is 16.5. The van der Waals surface area contributed by atoms with E-state index in [2.05, 4.69) is 0 Å². The van der Waals surface area contributed by atoms with Crippen LogP contribution in [-0.4, -0.2) is 10.2 Å². The number of benzene rings is 2. The number of aliphatic hydroxyl groups is 2. The van der Waals surface area contributed by atoms with Crippen molar-refractivity contribution in [2.75, 3.05) is 0 Å². The molecule has 116 valence electrons. The predicted molar refractivity (Wildman–Crippen MR) is 87.5 cm³/mol. The Morgan fingerprint density at radius 2 is 1.00 bits per heavy atom. The highest BCUT2D eigenvalue weighted by molar-refractivity contribution is 5.40. The van der Waals surface area contributed by atoms with Crippen molar-refractivity contribution in [3.8, 4) is 11.5 Å². The zero-order chi connectivity index (χ0) is 16.1. The Balaban J connectivity index is 0.000000921. The normalized spacial score (nSPS) is 8.86. The van der Waals surface area contributed by atoms with Gasteiger partial charge in [-0.25, -0.2) is 0 Å². The number of para-hydroxylation sites is 2. The van der Waals surface area contributed by atoms with E-state index in [1.165, 1.54) is 0 Å². The summed E-state index contributed by atoms with van der Waals surface area (Å²) in [5.41, 5.74) is 1.44. The lowest BCUT2D eigenvalue weighted by atomic mass is 10.2. The molecule has 0 unspecified atom stereocenters. The SMILES string of the molecule is CC.CC.OCc1ccccc1Oc1ccccc1CO. The topological polar surface area (TPSA) is 49.7 Å². The fourth-order valence-electron chi connectivity index (χ4n) is 1.59. The first-order valence-electron chi connectivity index (χ1n) is 7.40. The molecule has 0 aliphatic carbocycles. The van der Waals surface area contributed by atoms with Crippen LogP contribution in [0, 0.1) is 0 Å². The van der Waals surface area contributed by atoms with Crippen molar-refractivity contribution >= 4 is 0 Å². The first-order valence-corrected chi connectivity index (χ1v) is 7.40. The van der Waals surface area contributed by atoms with E-state index in [4.69, 9.17) is 4.74 Å². The molecule has 0 aromatic heterocycles. The second-order valence-electron chi connectivity index (χ2n) is 3.63. The van der Waals surface area contributed by atoms with E-state index in [9.17, 15) is 10.2 Å². The van der Waals surface area contributed by atoms with Gasteiger partial charge in [0.15, 0.2) is 0 Å². The van der Waals surface area contributed by atoms with Crippen LogP contribution in [0.3, 0.4) is 0 Å². The van der Waals surface area contributed by atoms with Gasteiger partial charge in [0, 0.05) is 11.1 Å². The quantitative estimate of drug-likeness (QED) is 0.870. The lowest BCUT2D eigenvalue weighted by Gasteiger charge is -2.12. The number of rotatable bonds is 4. The molecule has 0 bridgehead atoms. The number of hydrogen-bond donors (Lipinski definition) is 2. The standard InChI is InChI=1S/C14H14O3.2C2H6/c15-9-11-5-1-3-7-13(11)17-14-8-4-2-6-12(14)10-16;2*1-2/h1-8,15-16H,9-10H2;2*1-2H3. The zero-order valence-corrected chi connectivity index (χ0v) is 13.3. The van der Waals surface area contributed by atoms with Gasteiger partial charge in [0.25, 0.3) is 0 Å². The van der Waals surface area contributed by atoms with E-state index < -0.39 is 0 Å².